The number of benzene rings is 2. The van der Waals surface area contributed by atoms with E-state index in [0.717, 1.165) is 36.2 Å². The topological polar surface area (TPSA) is 76.6 Å². The van der Waals surface area contributed by atoms with Gasteiger partial charge < -0.3 is 19.7 Å². The van der Waals surface area contributed by atoms with Gasteiger partial charge in [0.15, 0.2) is 11.5 Å². The summed E-state index contributed by atoms with van der Waals surface area (Å²) in [5, 5.41) is 4.23. The van der Waals surface area contributed by atoms with Gasteiger partial charge in [0.2, 0.25) is 5.91 Å². The summed E-state index contributed by atoms with van der Waals surface area (Å²) in [5.74, 6) is 2.36. The van der Waals surface area contributed by atoms with Crippen LogP contribution < -0.4 is 19.7 Å². The van der Waals surface area contributed by atoms with Gasteiger partial charge in [0.1, 0.15) is 12.1 Å². The van der Waals surface area contributed by atoms with Crippen molar-refractivity contribution >= 4 is 22.6 Å². The van der Waals surface area contributed by atoms with Gasteiger partial charge in [-0.2, -0.15) is 0 Å². The highest BCUT2D eigenvalue weighted by atomic mass is 16.5. The maximum Gasteiger partial charge on any atom is 0.225 e. The van der Waals surface area contributed by atoms with E-state index in [4.69, 9.17) is 9.47 Å². The molecular formula is C26H32N4O3. The van der Waals surface area contributed by atoms with E-state index in [1.54, 1.807) is 20.5 Å². The number of carbonyl (C=O) groups excluding carboxylic acids is 1. The van der Waals surface area contributed by atoms with Gasteiger partial charge in [-0.25, -0.2) is 9.97 Å². The molecule has 0 bridgehead atoms. The average Bonchev–Trinajstić information content (AvgIpc) is 2.83. The van der Waals surface area contributed by atoms with Crippen LogP contribution >= 0.6 is 0 Å². The second-order valence-corrected chi connectivity index (χ2v) is 9.50. The zero-order chi connectivity index (χ0) is 23.6. The van der Waals surface area contributed by atoms with Gasteiger partial charge in [0.05, 0.1) is 19.7 Å². The summed E-state index contributed by atoms with van der Waals surface area (Å²) in [6.45, 7) is 7.36. The molecule has 3 aromatic rings. The van der Waals surface area contributed by atoms with Gasteiger partial charge in [-0.15, -0.1) is 0 Å². The Morgan fingerprint density at radius 2 is 1.76 bits per heavy atom. The molecule has 0 spiro atoms. The first kappa shape index (κ1) is 22.8. The number of piperidine rings is 1. The van der Waals surface area contributed by atoms with Crippen molar-refractivity contribution in [2.45, 2.75) is 39.2 Å². The number of carbonyl (C=O) groups is 1. The number of amides is 1. The number of methoxy groups -OCH3 is 2. The zero-order valence-corrected chi connectivity index (χ0v) is 20.0. The lowest BCUT2D eigenvalue weighted by molar-refractivity contribution is -0.129. The number of anilines is 1. The second-order valence-electron chi connectivity index (χ2n) is 9.50. The highest BCUT2D eigenvalue weighted by Gasteiger charge is 2.34. The van der Waals surface area contributed by atoms with Gasteiger partial charge in [0, 0.05) is 41.9 Å². The predicted octanol–water partition coefficient (Wildman–Crippen LogP) is 4.17. The minimum Gasteiger partial charge on any atom is -0.493 e. The van der Waals surface area contributed by atoms with Crippen molar-refractivity contribution in [1.29, 1.82) is 0 Å². The third-order valence-electron chi connectivity index (χ3n) is 6.26. The fraction of sp³-hybridized carbons (Fsp3) is 0.423. The van der Waals surface area contributed by atoms with Crippen LogP contribution in [-0.2, 0) is 4.79 Å². The van der Waals surface area contributed by atoms with E-state index >= 15 is 0 Å². The van der Waals surface area contributed by atoms with E-state index in [0.29, 0.717) is 11.5 Å². The Morgan fingerprint density at radius 1 is 1.06 bits per heavy atom. The van der Waals surface area contributed by atoms with E-state index in [2.05, 4.69) is 32.3 Å². The van der Waals surface area contributed by atoms with Crippen molar-refractivity contribution in [2.75, 3.05) is 32.2 Å². The van der Waals surface area contributed by atoms with Crippen LogP contribution in [0.2, 0.25) is 0 Å². The summed E-state index contributed by atoms with van der Waals surface area (Å²) in [7, 11) is 3.24. The van der Waals surface area contributed by atoms with Crippen LogP contribution in [0.15, 0.2) is 48.8 Å². The zero-order valence-electron chi connectivity index (χ0n) is 20.0. The standard InChI is InChI=1S/C26H32N4O3/c1-26(2,3)25(31)29-20-11-12-30(15-19(20)17-9-7-6-8-10-17)24-18-13-22(32-4)23(33-5)14-21(18)27-16-28-24/h6-10,13-14,16,19-20H,11-12,15H2,1-5H3,(H,29,31). The lowest BCUT2D eigenvalue weighted by atomic mass is 9.84. The summed E-state index contributed by atoms with van der Waals surface area (Å²) >= 11 is 0. The molecule has 1 fully saturated rings. The lowest BCUT2D eigenvalue weighted by Gasteiger charge is -2.41. The summed E-state index contributed by atoms with van der Waals surface area (Å²) in [4.78, 5) is 24.2. The molecular weight excluding hydrogens is 416 g/mol. The van der Waals surface area contributed by atoms with E-state index in [9.17, 15) is 4.79 Å². The van der Waals surface area contributed by atoms with Gasteiger partial charge in [-0.3, -0.25) is 4.79 Å². The Bertz CT molecular complexity index is 1130. The normalized spacial score (nSPS) is 18.8. The first-order valence-corrected chi connectivity index (χ1v) is 11.3. The summed E-state index contributed by atoms with van der Waals surface area (Å²) in [6, 6.07) is 14.3. The van der Waals surface area contributed by atoms with E-state index in [-0.39, 0.29) is 17.9 Å². The van der Waals surface area contributed by atoms with Crippen molar-refractivity contribution in [1.82, 2.24) is 15.3 Å². The molecule has 1 aliphatic rings. The molecule has 2 heterocycles. The van der Waals surface area contributed by atoms with Gasteiger partial charge in [0.25, 0.3) is 0 Å². The molecule has 1 aromatic heterocycles. The molecule has 0 radical (unpaired) electrons. The minimum absolute atomic E-state index is 0.0538. The largest absolute Gasteiger partial charge is 0.493 e. The van der Waals surface area contributed by atoms with Gasteiger partial charge in [-0.1, -0.05) is 51.1 Å². The molecule has 1 N–H and O–H groups in total. The molecule has 4 rings (SSSR count). The highest BCUT2D eigenvalue weighted by Crippen LogP contribution is 2.37. The Labute approximate surface area is 195 Å². The van der Waals surface area contributed by atoms with Crippen molar-refractivity contribution < 1.29 is 14.3 Å². The third kappa shape index (κ3) is 4.72. The predicted molar refractivity (Wildman–Crippen MR) is 130 cm³/mol. The molecule has 1 amide bonds. The van der Waals surface area contributed by atoms with Gasteiger partial charge in [-0.05, 0) is 18.1 Å². The summed E-state index contributed by atoms with van der Waals surface area (Å²) in [5.41, 5.74) is 1.58. The molecule has 7 nitrogen and oxygen atoms in total. The Kier molecular flexibility index (Phi) is 6.40. The molecule has 0 aliphatic carbocycles. The smallest absolute Gasteiger partial charge is 0.225 e. The molecule has 33 heavy (non-hydrogen) atoms. The summed E-state index contributed by atoms with van der Waals surface area (Å²) in [6.07, 6.45) is 2.41. The Morgan fingerprint density at radius 3 is 2.42 bits per heavy atom. The van der Waals surface area contributed by atoms with Crippen molar-refractivity contribution in [3.63, 3.8) is 0 Å². The molecule has 2 unspecified atom stereocenters. The Hall–Kier alpha value is -3.35. The SMILES string of the molecule is COc1cc2ncnc(N3CCC(NC(=O)C(C)(C)C)C(c4ccccc4)C3)c2cc1OC. The highest BCUT2D eigenvalue weighted by molar-refractivity contribution is 5.92. The number of aromatic nitrogens is 2. The van der Waals surface area contributed by atoms with Crippen LogP contribution in [0.1, 0.15) is 38.7 Å². The molecule has 2 aromatic carbocycles. The molecule has 7 heteroatoms. The monoisotopic (exact) mass is 448 g/mol. The first-order valence-electron chi connectivity index (χ1n) is 11.3. The maximum absolute atomic E-state index is 12.8. The molecule has 0 saturated carbocycles. The number of hydrogen-bond acceptors (Lipinski definition) is 6. The fourth-order valence-electron chi connectivity index (χ4n) is 4.36. The third-order valence-corrected chi connectivity index (χ3v) is 6.26. The number of nitrogens with one attached hydrogen (secondary N) is 1. The van der Waals surface area contributed by atoms with Crippen molar-refractivity contribution in [3.05, 3.63) is 54.4 Å². The number of nitrogens with zero attached hydrogens (tertiary/aromatic N) is 3. The van der Waals surface area contributed by atoms with Crippen molar-refractivity contribution in [2.24, 2.45) is 5.41 Å². The summed E-state index contributed by atoms with van der Waals surface area (Å²) < 4.78 is 11.0. The maximum atomic E-state index is 12.8. The molecule has 1 saturated heterocycles. The van der Waals surface area contributed by atoms with Crippen LogP contribution in [0.25, 0.3) is 10.9 Å². The van der Waals surface area contributed by atoms with Crippen LogP contribution in [0, 0.1) is 5.41 Å². The number of fused-ring (bicyclic) bond motifs is 1. The number of hydrogen-bond donors (Lipinski definition) is 1. The van der Waals surface area contributed by atoms with Crippen LogP contribution in [0.5, 0.6) is 11.5 Å². The average molecular weight is 449 g/mol. The van der Waals surface area contributed by atoms with E-state index in [1.165, 1.54) is 5.56 Å². The Balaban J connectivity index is 1.69. The van der Waals surface area contributed by atoms with E-state index < -0.39 is 5.41 Å². The number of rotatable bonds is 5. The minimum atomic E-state index is -0.434. The van der Waals surface area contributed by atoms with Crippen LogP contribution in [0.4, 0.5) is 5.82 Å². The molecule has 1 aliphatic heterocycles. The molecule has 2 atom stereocenters. The second kappa shape index (κ2) is 9.25. The molecule has 174 valence electrons. The van der Waals surface area contributed by atoms with Crippen molar-refractivity contribution in [3.8, 4) is 11.5 Å². The first-order chi connectivity index (χ1) is 15.8. The lowest BCUT2D eigenvalue weighted by Crippen LogP contribution is -2.52. The van der Waals surface area contributed by atoms with Gasteiger partial charge >= 0.3 is 0 Å². The van der Waals surface area contributed by atoms with Crippen LogP contribution in [-0.4, -0.2) is 49.2 Å². The number of ether oxygens (including phenoxy) is 2. The van der Waals surface area contributed by atoms with Crippen LogP contribution in [0.3, 0.4) is 0 Å². The van der Waals surface area contributed by atoms with E-state index in [1.807, 2.05) is 51.1 Å². The quantitative estimate of drug-likeness (QED) is 0.631. The fourth-order valence-corrected chi connectivity index (χ4v) is 4.36.